The van der Waals surface area contributed by atoms with Gasteiger partial charge in [0.05, 0.1) is 5.69 Å². The van der Waals surface area contributed by atoms with Gasteiger partial charge in [-0.3, -0.25) is 0 Å². The molecule has 2 fully saturated rings. The molecule has 3 heteroatoms. The summed E-state index contributed by atoms with van der Waals surface area (Å²) >= 11 is 0. The van der Waals surface area contributed by atoms with E-state index in [0.717, 1.165) is 24.9 Å². The Morgan fingerprint density at radius 1 is 1.10 bits per heavy atom. The highest BCUT2D eigenvalue weighted by Gasteiger charge is 2.31. The molecule has 0 bridgehead atoms. The maximum atomic E-state index is 4.98. The molecule has 0 unspecified atom stereocenters. The van der Waals surface area contributed by atoms with Crippen LogP contribution >= 0.6 is 0 Å². The van der Waals surface area contributed by atoms with Gasteiger partial charge in [-0.05, 0) is 25.2 Å². The van der Waals surface area contributed by atoms with Crippen molar-refractivity contribution in [1.82, 2.24) is 14.9 Å². The first-order chi connectivity index (χ1) is 9.92. The minimum Gasteiger partial charge on any atom is -0.331 e. The molecule has 4 rings (SSSR count). The molecule has 20 heavy (non-hydrogen) atoms. The Bertz CT molecular complexity index is 467. The molecule has 1 aromatic heterocycles. The van der Waals surface area contributed by atoms with Crippen LogP contribution in [0.5, 0.6) is 0 Å². The molecule has 0 aromatic carbocycles. The molecular formula is C17H27N3. The summed E-state index contributed by atoms with van der Waals surface area (Å²) in [4.78, 5) is 4.98. The summed E-state index contributed by atoms with van der Waals surface area (Å²) in [5, 5.41) is 3.47. The van der Waals surface area contributed by atoms with Crippen molar-refractivity contribution in [2.45, 2.75) is 76.8 Å². The zero-order chi connectivity index (χ0) is 13.4. The fraction of sp³-hybridized carbons (Fsp3) is 0.824. The third-order valence-electron chi connectivity index (χ3n) is 5.44. The number of nitrogens with one attached hydrogen (secondary N) is 1. The fourth-order valence-electron chi connectivity index (χ4n) is 4.08. The van der Waals surface area contributed by atoms with Gasteiger partial charge in [0.15, 0.2) is 0 Å². The topological polar surface area (TPSA) is 29.9 Å². The lowest BCUT2D eigenvalue weighted by Crippen LogP contribution is -2.25. The molecule has 0 saturated heterocycles. The first-order valence-electron chi connectivity index (χ1n) is 8.70. The molecule has 3 nitrogen and oxygen atoms in total. The van der Waals surface area contributed by atoms with Gasteiger partial charge >= 0.3 is 0 Å². The van der Waals surface area contributed by atoms with Crippen LogP contribution in [0, 0.1) is 5.92 Å². The molecule has 0 amide bonds. The highest BCUT2D eigenvalue weighted by molar-refractivity contribution is 5.24. The Balaban J connectivity index is 1.51. The summed E-state index contributed by atoms with van der Waals surface area (Å²) in [5.74, 6) is 3.19. The van der Waals surface area contributed by atoms with Crippen LogP contribution in [0.15, 0.2) is 0 Å². The van der Waals surface area contributed by atoms with Crippen LogP contribution in [0.2, 0.25) is 0 Å². The highest BCUT2D eigenvalue weighted by Crippen LogP contribution is 2.41. The van der Waals surface area contributed by atoms with Crippen molar-refractivity contribution < 1.29 is 0 Å². The van der Waals surface area contributed by atoms with Crippen molar-refractivity contribution >= 4 is 0 Å². The maximum Gasteiger partial charge on any atom is 0.112 e. The predicted octanol–water partition coefficient (Wildman–Crippen LogP) is 3.38. The van der Waals surface area contributed by atoms with Crippen LogP contribution in [-0.2, 0) is 19.5 Å². The van der Waals surface area contributed by atoms with E-state index in [1.807, 2.05) is 0 Å². The van der Waals surface area contributed by atoms with Crippen LogP contribution in [0.1, 0.15) is 74.5 Å². The Labute approximate surface area is 122 Å². The Hall–Kier alpha value is -0.830. The second-order valence-electron chi connectivity index (χ2n) is 7.01. The van der Waals surface area contributed by atoms with Gasteiger partial charge in [0.1, 0.15) is 5.82 Å². The molecule has 1 aromatic rings. The van der Waals surface area contributed by atoms with E-state index < -0.39 is 0 Å². The van der Waals surface area contributed by atoms with E-state index >= 15 is 0 Å². The minimum atomic E-state index is 0.784. The smallest absolute Gasteiger partial charge is 0.112 e. The summed E-state index contributed by atoms with van der Waals surface area (Å²) in [7, 11) is 0. The van der Waals surface area contributed by atoms with E-state index in [9.17, 15) is 0 Å². The number of rotatable bonds is 4. The molecule has 1 N–H and O–H groups in total. The monoisotopic (exact) mass is 273 g/mol. The zero-order valence-electron chi connectivity index (χ0n) is 12.5. The molecule has 0 radical (unpaired) electrons. The van der Waals surface area contributed by atoms with Crippen molar-refractivity contribution in [2.75, 3.05) is 6.54 Å². The minimum absolute atomic E-state index is 0.784. The molecule has 2 aliphatic carbocycles. The van der Waals surface area contributed by atoms with Gasteiger partial charge in [-0.2, -0.15) is 0 Å². The van der Waals surface area contributed by atoms with Crippen LogP contribution in [-0.4, -0.2) is 16.1 Å². The number of hydrogen-bond donors (Lipinski definition) is 1. The van der Waals surface area contributed by atoms with Crippen molar-refractivity contribution in [2.24, 2.45) is 5.92 Å². The van der Waals surface area contributed by atoms with E-state index in [4.69, 9.17) is 4.98 Å². The molecule has 2 heterocycles. The summed E-state index contributed by atoms with van der Waals surface area (Å²) in [5.41, 5.74) is 2.91. The highest BCUT2D eigenvalue weighted by atomic mass is 15.1. The number of imidazole rings is 1. The maximum absolute atomic E-state index is 4.98. The molecule has 1 aliphatic heterocycles. The molecule has 2 saturated carbocycles. The van der Waals surface area contributed by atoms with Gasteiger partial charge in [0.2, 0.25) is 0 Å². The third-order valence-corrected chi connectivity index (χ3v) is 5.44. The van der Waals surface area contributed by atoms with Crippen molar-refractivity contribution in [1.29, 1.82) is 0 Å². The lowest BCUT2D eigenvalue weighted by atomic mass is 9.87. The molecule has 0 atom stereocenters. The van der Waals surface area contributed by atoms with Crippen LogP contribution in [0.3, 0.4) is 0 Å². The first kappa shape index (κ1) is 12.9. The van der Waals surface area contributed by atoms with E-state index in [1.54, 1.807) is 5.69 Å². The standard InChI is InChI=1S/C17H27N3/c1-2-4-13(5-3-1)9-11-20-16-8-10-18-12-15(16)19-17(20)14-6-7-14/h13-14,18H,1-12H2. The van der Waals surface area contributed by atoms with E-state index in [2.05, 4.69) is 9.88 Å². The SMILES string of the molecule is C1CCC(CCn2c(C3CC3)nc3c2CCNC3)CC1. The number of nitrogens with zero attached hydrogens (tertiary/aromatic N) is 2. The van der Waals surface area contributed by atoms with Gasteiger partial charge in [0.25, 0.3) is 0 Å². The van der Waals surface area contributed by atoms with Crippen LogP contribution in [0.4, 0.5) is 0 Å². The van der Waals surface area contributed by atoms with Gasteiger partial charge in [-0.1, -0.05) is 32.1 Å². The van der Waals surface area contributed by atoms with E-state index in [-0.39, 0.29) is 0 Å². The first-order valence-corrected chi connectivity index (χ1v) is 8.70. The van der Waals surface area contributed by atoms with Gasteiger partial charge in [-0.25, -0.2) is 4.98 Å². The number of fused-ring (bicyclic) bond motifs is 1. The van der Waals surface area contributed by atoms with Crippen LogP contribution in [0.25, 0.3) is 0 Å². The largest absolute Gasteiger partial charge is 0.331 e. The number of hydrogen-bond acceptors (Lipinski definition) is 2. The summed E-state index contributed by atoms with van der Waals surface area (Å²) < 4.78 is 2.63. The predicted molar refractivity (Wildman–Crippen MR) is 80.8 cm³/mol. The van der Waals surface area contributed by atoms with Gasteiger partial charge < -0.3 is 9.88 Å². The Morgan fingerprint density at radius 2 is 1.95 bits per heavy atom. The lowest BCUT2D eigenvalue weighted by Gasteiger charge is -2.23. The second kappa shape index (κ2) is 5.51. The molecule has 0 spiro atoms. The van der Waals surface area contributed by atoms with Gasteiger partial charge in [0, 0.05) is 37.7 Å². The molecular weight excluding hydrogens is 246 g/mol. The summed E-state index contributed by atoms with van der Waals surface area (Å²) in [6.07, 6.45) is 12.6. The van der Waals surface area contributed by atoms with Crippen molar-refractivity contribution in [3.8, 4) is 0 Å². The van der Waals surface area contributed by atoms with Gasteiger partial charge in [-0.15, -0.1) is 0 Å². The average Bonchev–Trinajstić information content (AvgIpc) is 3.28. The fourth-order valence-corrected chi connectivity index (χ4v) is 4.08. The molecule has 110 valence electrons. The number of aromatic nitrogens is 2. The third kappa shape index (κ3) is 2.52. The van der Waals surface area contributed by atoms with E-state index in [0.29, 0.717) is 0 Å². The average molecular weight is 273 g/mol. The van der Waals surface area contributed by atoms with E-state index in [1.165, 1.54) is 75.9 Å². The second-order valence-corrected chi connectivity index (χ2v) is 7.01. The Morgan fingerprint density at radius 3 is 2.75 bits per heavy atom. The van der Waals surface area contributed by atoms with Crippen LogP contribution < -0.4 is 5.32 Å². The van der Waals surface area contributed by atoms with Crippen molar-refractivity contribution in [3.63, 3.8) is 0 Å². The zero-order valence-corrected chi connectivity index (χ0v) is 12.5. The normalized spacial score (nSPS) is 23.8. The Kier molecular flexibility index (Phi) is 3.55. The summed E-state index contributed by atoms with van der Waals surface area (Å²) in [6, 6.07) is 0. The lowest BCUT2D eigenvalue weighted by molar-refractivity contribution is 0.321. The quantitative estimate of drug-likeness (QED) is 0.911. The molecule has 3 aliphatic rings. The van der Waals surface area contributed by atoms with Crippen molar-refractivity contribution in [3.05, 3.63) is 17.2 Å². The summed E-state index contributed by atoms with van der Waals surface area (Å²) in [6.45, 7) is 3.36.